The van der Waals surface area contributed by atoms with E-state index in [1.165, 1.54) is 0 Å². The fourth-order valence-corrected chi connectivity index (χ4v) is 2.43. The summed E-state index contributed by atoms with van der Waals surface area (Å²) in [6.07, 6.45) is 2.15. The van der Waals surface area contributed by atoms with E-state index in [1.54, 1.807) is 0 Å². The van der Waals surface area contributed by atoms with Crippen LogP contribution in [0.4, 0.5) is 0 Å². The van der Waals surface area contributed by atoms with Gasteiger partial charge in [0.25, 0.3) is 0 Å². The Morgan fingerprint density at radius 2 is 1.54 bits per heavy atom. The molecule has 7 heteroatoms. The van der Waals surface area contributed by atoms with Crippen molar-refractivity contribution in [3.8, 4) is 5.75 Å². The van der Waals surface area contributed by atoms with E-state index in [0.29, 0.717) is 46.2 Å². The van der Waals surface area contributed by atoms with E-state index < -0.39 is 5.60 Å². The van der Waals surface area contributed by atoms with E-state index in [0.717, 1.165) is 16.7 Å². The van der Waals surface area contributed by atoms with Gasteiger partial charge in [-0.2, -0.15) is 0 Å². The van der Waals surface area contributed by atoms with Crippen molar-refractivity contribution in [1.82, 2.24) is 4.98 Å². The van der Waals surface area contributed by atoms with E-state index in [-0.39, 0.29) is 12.4 Å². The molecular weight excluding hydrogens is 362 g/mol. The van der Waals surface area contributed by atoms with Gasteiger partial charge in [-0.05, 0) is 45.0 Å². The van der Waals surface area contributed by atoms with Gasteiger partial charge in [0.15, 0.2) is 0 Å². The summed E-state index contributed by atoms with van der Waals surface area (Å²) in [5, 5.41) is 1.13. The number of carbonyl (C=O) groups is 1. The predicted octanol–water partition coefficient (Wildman–Crippen LogP) is 3.33. The van der Waals surface area contributed by atoms with Crippen LogP contribution in [0.1, 0.15) is 27.2 Å². The van der Waals surface area contributed by atoms with Crippen LogP contribution in [0.25, 0.3) is 10.9 Å². The first kappa shape index (κ1) is 22.2. The molecular formula is C21H31NO6. The lowest BCUT2D eigenvalue weighted by atomic mass is 10.2. The average molecular weight is 393 g/mol. The van der Waals surface area contributed by atoms with Gasteiger partial charge in [-0.25, -0.2) is 0 Å². The minimum absolute atomic E-state index is 0.247. The highest BCUT2D eigenvalue weighted by Crippen LogP contribution is 2.19. The second-order valence-corrected chi connectivity index (χ2v) is 7.25. The van der Waals surface area contributed by atoms with Gasteiger partial charge in [-0.1, -0.05) is 0 Å². The first-order valence-corrected chi connectivity index (χ1v) is 9.59. The summed E-state index contributed by atoms with van der Waals surface area (Å²) in [5.74, 6) is 0.576. The molecule has 7 nitrogen and oxygen atoms in total. The molecule has 1 aromatic carbocycles. The maximum Gasteiger partial charge on any atom is 0.308 e. The molecule has 0 unspecified atom stereocenters. The van der Waals surface area contributed by atoms with E-state index in [4.69, 9.17) is 23.7 Å². The molecule has 2 rings (SSSR count). The quantitative estimate of drug-likeness (QED) is 0.415. The van der Waals surface area contributed by atoms with Crippen molar-refractivity contribution >= 4 is 16.9 Å². The Morgan fingerprint density at radius 1 is 0.893 bits per heavy atom. The van der Waals surface area contributed by atoms with Crippen molar-refractivity contribution in [2.45, 2.75) is 32.8 Å². The van der Waals surface area contributed by atoms with E-state index in [1.807, 2.05) is 51.2 Å². The maximum absolute atomic E-state index is 11.5. The number of carbonyl (C=O) groups excluding carboxylic acids is 1. The number of esters is 1. The number of rotatable bonds is 13. The van der Waals surface area contributed by atoms with Gasteiger partial charge >= 0.3 is 5.97 Å². The highest BCUT2D eigenvalue weighted by Gasteiger charge is 2.15. The Hall–Kier alpha value is -2.09. The Balaban J connectivity index is 1.37. The predicted molar refractivity (Wildman–Crippen MR) is 107 cm³/mol. The Kier molecular flexibility index (Phi) is 9.27. The summed E-state index contributed by atoms with van der Waals surface area (Å²) < 4.78 is 27.1. The summed E-state index contributed by atoms with van der Waals surface area (Å²) in [7, 11) is 0. The number of H-pyrrole nitrogens is 1. The summed E-state index contributed by atoms with van der Waals surface area (Å²) in [6.45, 7) is 8.74. The zero-order valence-corrected chi connectivity index (χ0v) is 17.0. The molecule has 0 bridgehead atoms. The van der Waals surface area contributed by atoms with Crippen LogP contribution in [0, 0.1) is 0 Å². The molecule has 2 aromatic rings. The van der Waals surface area contributed by atoms with E-state index >= 15 is 0 Å². The summed E-state index contributed by atoms with van der Waals surface area (Å²) in [4.78, 5) is 14.6. The lowest BCUT2D eigenvalue weighted by molar-refractivity contribution is -0.156. The topological polar surface area (TPSA) is 79.0 Å². The van der Waals surface area contributed by atoms with Crippen LogP contribution in [0.5, 0.6) is 5.75 Å². The normalized spacial score (nSPS) is 11.7. The van der Waals surface area contributed by atoms with E-state index in [2.05, 4.69) is 4.98 Å². The number of aromatic amines is 1. The largest absolute Gasteiger partial charge is 0.491 e. The van der Waals surface area contributed by atoms with Crippen molar-refractivity contribution < 1.29 is 28.5 Å². The number of nitrogens with one attached hydrogen (secondary N) is 1. The minimum atomic E-state index is -0.457. The molecule has 0 saturated carbocycles. The molecule has 0 spiro atoms. The number of ether oxygens (including phenoxy) is 5. The molecule has 0 aliphatic heterocycles. The lowest BCUT2D eigenvalue weighted by Crippen LogP contribution is -2.24. The third-order valence-corrected chi connectivity index (χ3v) is 3.64. The smallest absolute Gasteiger partial charge is 0.308 e. The van der Waals surface area contributed by atoms with Crippen molar-refractivity contribution in [2.24, 2.45) is 0 Å². The van der Waals surface area contributed by atoms with Crippen LogP contribution in [0.15, 0.2) is 30.5 Å². The fraction of sp³-hybridized carbons (Fsp3) is 0.571. The fourth-order valence-electron chi connectivity index (χ4n) is 2.43. The zero-order valence-electron chi connectivity index (χ0n) is 17.0. The molecule has 0 radical (unpaired) electrons. The van der Waals surface area contributed by atoms with Crippen LogP contribution >= 0.6 is 0 Å². The number of hydrogen-bond donors (Lipinski definition) is 1. The van der Waals surface area contributed by atoms with Gasteiger partial charge < -0.3 is 28.7 Å². The first-order valence-electron chi connectivity index (χ1n) is 9.59. The number of fused-ring (bicyclic) bond motifs is 1. The number of benzene rings is 1. The average Bonchev–Trinajstić information content (AvgIpc) is 3.09. The van der Waals surface area contributed by atoms with Crippen molar-refractivity contribution in [1.29, 1.82) is 0 Å². The lowest BCUT2D eigenvalue weighted by Gasteiger charge is -2.19. The summed E-state index contributed by atoms with van der Waals surface area (Å²) in [5.41, 5.74) is 0.635. The van der Waals surface area contributed by atoms with Crippen LogP contribution in [0.3, 0.4) is 0 Å². The monoisotopic (exact) mass is 393 g/mol. The molecule has 1 aromatic heterocycles. The van der Waals surface area contributed by atoms with E-state index in [9.17, 15) is 4.79 Å². The van der Waals surface area contributed by atoms with Gasteiger partial charge in [0.2, 0.25) is 0 Å². The molecule has 1 heterocycles. The second-order valence-electron chi connectivity index (χ2n) is 7.25. The van der Waals surface area contributed by atoms with Crippen LogP contribution in [0.2, 0.25) is 0 Å². The van der Waals surface area contributed by atoms with Crippen LogP contribution < -0.4 is 4.74 Å². The Labute approximate surface area is 166 Å². The summed E-state index contributed by atoms with van der Waals surface area (Å²) >= 11 is 0. The van der Waals surface area contributed by atoms with Crippen molar-refractivity contribution in [3.63, 3.8) is 0 Å². The maximum atomic E-state index is 11.5. The number of hydrogen-bond acceptors (Lipinski definition) is 6. The van der Waals surface area contributed by atoms with Gasteiger partial charge in [-0.3, -0.25) is 4.79 Å². The molecule has 0 atom stereocenters. The third kappa shape index (κ3) is 9.21. The van der Waals surface area contributed by atoms with Gasteiger partial charge in [0, 0.05) is 17.1 Å². The molecule has 0 aliphatic rings. The molecule has 1 N–H and O–H groups in total. The highest BCUT2D eigenvalue weighted by molar-refractivity contribution is 5.80. The van der Waals surface area contributed by atoms with Crippen LogP contribution in [-0.2, 0) is 23.7 Å². The second kappa shape index (κ2) is 11.7. The molecule has 28 heavy (non-hydrogen) atoms. The Bertz CT molecular complexity index is 706. The zero-order chi connectivity index (χ0) is 20.2. The molecule has 156 valence electrons. The highest BCUT2D eigenvalue weighted by atomic mass is 16.6. The first-order chi connectivity index (χ1) is 13.4. The Morgan fingerprint density at radius 3 is 2.21 bits per heavy atom. The molecule has 0 amide bonds. The van der Waals surface area contributed by atoms with Gasteiger partial charge in [0.05, 0.1) is 46.1 Å². The van der Waals surface area contributed by atoms with Gasteiger partial charge in [-0.15, -0.1) is 0 Å². The minimum Gasteiger partial charge on any atom is -0.491 e. The standard InChI is InChI=1S/C21H31NO6/c1-21(2,3)28-20(23)7-9-24-10-11-25-12-13-26-14-15-27-18-4-5-19-17(16-18)6-8-22-19/h4-6,8,16,22H,7,9-15H2,1-3H3. The third-order valence-electron chi connectivity index (χ3n) is 3.64. The SMILES string of the molecule is CC(C)(C)OC(=O)CCOCCOCCOCCOc1ccc2[nH]ccc2c1. The van der Waals surface area contributed by atoms with Crippen molar-refractivity contribution in [3.05, 3.63) is 30.5 Å². The van der Waals surface area contributed by atoms with Crippen LogP contribution in [-0.4, -0.2) is 62.8 Å². The molecule has 0 saturated heterocycles. The summed E-state index contributed by atoms with van der Waals surface area (Å²) in [6, 6.07) is 7.94. The molecule has 0 fully saturated rings. The number of aromatic nitrogens is 1. The van der Waals surface area contributed by atoms with Gasteiger partial charge in [0.1, 0.15) is 18.0 Å². The molecule has 0 aliphatic carbocycles. The van der Waals surface area contributed by atoms with Crippen molar-refractivity contribution in [2.75, 3.05) is 46.2 Å².